The molecule has 1 atom stereocenters. The molecule has 3 rings (SSSR count). The van der Waals surface area contributed by atoms with Gasteiger partial charge < -0.3 is 5.32 Å². The van der Waals surface area contributed by atoms with E-state index in [1.165, 1.54) is 6.08 Å². The second-order valence-corrected chi connectivity index (χ2v) is 7.36. The van der Waals surface area contributed by atoms with Gasteiger partial charge >= 0.3 is 0 Å². The van der Waals surface area contributed by atoms with E-state index in [0.29, 0.717) is 17.8 Å². The lowest BCUT2D eigenvalue weighted by atomic mass is 9.96. The van der Waals surface area contributed by atoms with Crippen LogP contribution in [0.15, 0.2) is 96.1 Å². The van der Waals surface area contributed by atoms with Crippen LogP contribution in [-0.2, 0) is 9.59 Å². The van der Waals surface area contributed by atoms with Crippen molar-refractivity contribution in [2.24, 2.45) is 5.10 Å². The quantitative estimate of drug-likeness (QED) is 0.289. The summed E-state index contributed by atoms with van der Waals surface area (Å²) in [7, 11) is 0. The molecule has 0 bridgehead atoms. The lowest BCUT2D eigenvalue weighted by Gasteiger charge is -2.13. The first kappa shape index (κ1) is 22.7. The SMILES string of the molecule is CC[C@@H](C(=O)N/N=C(\C)c1ccc(NC(=O)/C=C/c2ccccc2)cc1)c1ccccc1. The Balaban J connectivity index is 1.57. The molecule has 162 valence electrons. The number of benzene rings is 3. The number of hydrogen-bond acceptors (Lipinski definition) is 3. The maximum absolute atomic E-state index is 12.6. The minimum absolute atomic E-state index is 0.132. The van der Waals surface area contributed by atoms with Crippen LogP contribution in [0.5, 0.6) is 0 Å². The summed E-state index contributed by atoms with van der Waals surface area (Å²) in [5.41, 5.74) is 6.84. The number of anilines is 1. The normalized spacial score (nSPS) is 12.4. The van der Waals surface area contributed by atoms with Crippen molar-refractivity contribution in [2.75, 3.05) is 5.32 Å². The molecular formula is C27H27N3O2. The van der Waals surface area contributed by atoms with Crippen molar-refractivity contribution in [1.29, 1.82) is 0 Å². The molecule has 5 heteroatoms. The van der Waals surface area contributed by atoms with Gasteiger partial charge in [0.2, 0.25) is 11.8 Å². The number of carbonyl (C=O) groups is 2. The fourth-order valence-electron chi connectivity index (χ4n) is 3.25. The van der Waals surface area contributed by atoms with Gasteiger partial charge in [0.25, 0.3) is 0 Å². The maximum atomic E-state index is 12.6. The van der Waals surface area contributed by atoms with Gasteiger partial charge in [0, 0.05) is 11.8 Å². The van der Waals surface area contributed by atoms with Crippen molar-refractivity contribution in [2.45, 2.75) is 26.2 Å². The highest BCUT2D eigenvalue weighted by molar-refractivity contribution is 6.03. The zero-order valence-corrected chi connectivity index (χ0v) is 18.3. The van der Waals surface area contributed by atoms with Crippen LogP contribution >= 0.6 is 0 Å². The van der Waals surface area contributed by atoms with Gasteiger partial charge in [-0.15, -0.1) is 0 Å². The third-order valence-corrected chi connectivity index (χ3v) is 5.06. The number of nitrogens with one attached hydrogen (secondary N) is 2. The molecule has 0 heterocycles. The van der Waals surface area contributed by atoms with E-state index >= 15 is 0 Å². The molecule has 0 aliphatic heterocycles. The van der Waals surface area contributed by atoms with Gasteiger partial charge in [0.1, 0.15) is 0 Å². The summed E-state index contributed by atoms with van der Waals surface area (Å²) in [5, 5.41) is 7.09. The standard InChI is InChI=1S/C27H27N3O2/c1-3-25(23-12-8-5-9-13-23)27(32)30-29-20(2)22-15-17-24(18-16-22)28-26(31)19-14-21-10-6-4-7-11-21/h4-19,25H,3H2,1-2H3,(H,28,31)(H,30,32)/b19-14+,29-20+/t25-/m1/s1. The van der Waals surface area contributed by atoms with E-state index < -0.39 is 0 Å². The van der Waals surface area contributed by atoms with Crippen LogP contribution in [0.4, 0.5) is 5.69 Å². The topological polar surface area (TPSA) is 70.6 Å². The number of rotatable bonds is 8. The van der Waals surface area contributed by atoms with Gasteiger partial charge in [-0.3, -0.25) is 9.59 Å². The lowest BCUT2D eigenvalue weighted by molar-refractivity contribution is -0.122. The molecule has 32 heavy (non-hydrogen) atoms. The maximum Gasteiger partial charge on any atom is 0.248 e. The van der Waals surface area contributed by atoms with Gasteiger partial charge in [-0.25, -0.2) is 5.43 Å². The first-order valence-corrected chi connectivity index (χ1v) is 10.6. The van der Waals surface area contributed by atoms with Crippen LogP contribution in [0, 0.1) is 0 Å². The summed E-state index contributed by atoms with van der Waals surface area (Å²) in [6.45, 7) is 3.82. The Hall–Kier alpha value is -3.99. The molecule has 0 unspecified atom stereocenters. The zero-order chi connectivity index (χ0) is 22.8. The molecule has 0 radical (unpaired) electrons. The van der Waals surface area contributed by atoms with Gasteiger partial charge in [0.15, 0.2) is 0 Å². The van der Waals surface area contributed by atoms with Crippen LogP contribution in [0.25, 0.3) is 6.08 Å². The number of hydrogen-bond donors (Lipinski definition) is 2. The van der Waals surface area contributed by atoms with Gasteiger partial charge in [-0.2, -0.15) is 5.10 Å². The molecule has 0 spiro atoms. The Labute approximate surface area is 188 Å². The fraction of sp³-hybridized carbons (Fsp3) is 0.148. The molecule has 0 saturated carbocycles. The molecule has 0 aliphatic carbocycles. The smallest absolute Gasteiger partial charge is 0.248 e. The van der Waals surface area contributed by atoms with E-state index in [2.05, 4.69) is 15.8 Å². The monoisotopic (exact) mass is 425 g/mol. The average molecular weight is 426 g/mol. The number of amides is 2. The minimum Gasteiger partial charge on any atom is -0.323 e. The van der Waals surface area contributed by atoms with E-state index in [9.17, 15) is 9.59 Å². The van der Waals surface area contributed by atoms with Crippen molar-refractivity contribution in [3.63, 3.8) is 0 Å². The number of nitrogens with zero attached hydrogens (tertiary/aromatic N) is 1. The molecule has 0 aliphatic rings. The first-order chi connectivity index (χ1) is 15.6. The van der Waals surface area contributed by atoms with Crippen molar-refractivity contribution >= 4 is 29.3 Å². The number of carbonyl (C=O) groups excluding carboxylic acids is 2. The van der Waals surface area contributed by atoms with Crippen LogP contribution in [0.1, 0.15) is 42.9 Å². The largest absolute Gasteiger partial charge is 0.323 e. The van der Waals surface area contributed by atoms with Crippen LogP contribution in [0.2, 0.25) is 0 Å². The summed E-state index contributed by atoms with van der Waals surface area (Å²) < 4.78 is 0. The van der Waals surface area contributed by atoms with E-state index in [0.717, 1.165) is 16.7 Å². The van der Waals surface area contributed by atoms with E-state index in [4.69, 9.17) is 0 Å². The predicted octanol–water partition coefficient (Wildman–Crippen LogP) is 5.37. The summed E-state index contributed by atoms with van der Waals surface area (Å²) in [4.78, 5) is 24.7. The molecule has 2 amide bonds. The highest BCUT2D eigenvalue weighted by Gasteiger charge is 2.18. The Morgan fingerprint density at radius 1 is 0.906 bits per heavy atom. The summed E-state index contributed by atoms with van der Waals surface area (Å²) in [6, 6.07) is 26.7. The zero-order valence-electron chi connectivity index (χ0n) is 18.3. The van der Waals surface area contributed by atoms with Gasteiger partial charge in [-0.1, -0.05) is 79.7 Å². The summed E-state index contributed by atoms with van der Waals surface area (Å²) >= 11 is 0. The second-order valence-electron chi connectivity index (χ2n) is 7.36. The third-order valence-electron chi connectivity index (χ3n) is 5.06. The molecule has 2 N–H and O–H groups in total. The van der Waals surface area contributed by atoms with Crippen molar-refractivity contribution in [3.05, 3.63) is 108 Å². The summed E-state index contributed by atoms with van der Waals surface area (Å²) in [6.07, 6.45) is 3.96. The molecule has 0 saturated heterocycles. The molecule has 0 fully saturated rings. The molecule has 3 aromatic rings. The van der Waals surface area contributed by atoms with Crippen LogP contribution in [-0.4, -0.2) is 17.5 Å². The van der Waals surface area contributed by atoms with Crippen LogP contribution in [0.3, 0.4) is 0 Å². The Morgan fingerprint density at radius 2 is 1.53 bits per heavy atom. The highest BCUT2D eigenvalue weighted by Crippen LogP contribution is 2.19. The second kappa shape index (κ2) is 11.4. The van der Waals surface area contributed by atoms with Crippen LogP contribution < -0.4 is 10.7 Å². The lowest BCUT2D eigenvalue weighted by Crippen LogP contribution is -2.26. The molecule has 3 aromatic carbocycles. The van der Waals surface area contributed by atoms with E-state index in [1.54, 1.807) is 6.08 Å². The summed E-state index contributed by atoms with van der Waals surface area (Å²) in [5.74, 6) is -0.577. The molecular weight excluding hydrogens is 398 g/mol. The predicted molar refractivity (Wildman–Crippen MR) is 130 cm³/mol. The Kier molecular flexibility index (Phi) is 8.09. The average Bonchev–Trinajstić information content (AvgIpc) is 2.83. The van der Waals surface area contributed by atoms with Crippen molar-refractivity contribution in [1.82, 2.24) is 5.43 Å². The van der Waals surface area contributed by atoms with Crippen molar-refractivity contribution < 1.29 is 9.59 Å². The fourth-order valence-corrected chi connectivity index (χ4v) is 3.25. The van der Waals surface area contributed by atoms with Crippen molar-refractivity contribution in [3.8, 4) is 0 Å². The Bertz CT molecular complexity index is 1090. The Morgan fingerprint density at radius 3 is 2.16 bits per heavy atom. The number of hydrazone groups is 1. The van der Waals surface area contributed by atoms with Gasteiger partial charge in [0.05, 0.1) is 11.6 Å². The minimum atomic E-state index is -0.241. The van der Waals surface area contributed by atoms with Gasteiger partial charge in [-0.05, 0) is 48.2 Å². The molecule has 5 nitrogen and oxygen atoms in total. The van der Waals surface area contributed by atoms with E-state index in [1.807, 2.05) is 98.8 Å². The first-order valence-electron chi connectivity index (χ1n) is 10.6. The highest BCUT2D eigenvalue weighted by atomic mass is 16.2. The van der Waals surface area contributed by atoms with E-state index in [-0.39, 0.29) is 17.7 Å². The third kappa shape index (κ3) is 6.51. The molecule has 0 aromatic heterocycles.